The van der Waals surface area contributed by atoms with E-state index in [9.17, 15) is 22.4 Å². The van der Waals surface area contributed by atoms with Gasteiger partial charge in [0.2, 0.25) is 0 Å². The molecule has 1 N–H and O–H groups in total. The van der Waals surface area contributed by atoms with Crippen LogP contribution in [-0.4, -0.2) is 19.6 Å². The van der Waals surface area contributed by atoms with Crippen LogP contribution < -0.4 is 5.56 Å². The first kappa shape index (κ1) is 19.4. The highest BCUT2D eigenvalue weighted by molar-refractivity contribution is 6.34. The van der Waals surface area contributed by atoms with Gasteiger partial charge in [-0.1, -0.05) is 53.5 Å². The highest BCUT2D eigenvalue weighted by atomic mass is 35.5. The van der Waals surface area contributed by atoms with E-state index in [4.69, 9.17) is 23.2 Å². The first-order chi connectivity index (χ1) is 13.7. The summed E-state index contributed by atoms with van der Waals surface area (Å²) in [6.07, 6.45) is -4.78. The third kappa shape index (κ3) is 3.36. The van der Waals surface area contributed by atoms with Gasteiger partial charge in [0.15, 0.2) is 16.6 Å². The minimum Gasteiger partial charge on any atom is -0.284 e. The molecule has 4 rings (SSSR count). The Morgan fingerprint density at radius 3 is 2.34 bits per heavy atom. The Morgan fingerprint density at radius 1 is 1.00 bits per heavy atom. The van der Waals surface area contributed by atoms with Gasteiger partial charge in [0.05, 0.1) is 11.3 Å². The molecule has 29 heavy (non-hydrogen) atoms. The van der Waals surface area contributed by atoms with Gasteiger partial charge in [0, 0.05) is 11.6 Å². The number of pyridine rings is 1. The summed E-state index contributed by atoms with van der Waals surface area (Å²) in [5.41, 5.74) is -2.64. The number of aromatic amines is 1. The Labute approximate surface area is 169 Å². The summed E-state index contributed by atoms with van der Waals surface area (Å²) in [5.74, 6) is -0.915. The summed E-state index contributed by atoms with van der Waals surface area (Å²) in [6.45, 7) is 0. The largest absolute Gasteiger partial charge is 0.433 e. The molecular weight excluding hydrogens is 435 g/mol. The zero-order valence-corrected chi connectivity index (χ0v) is 15.6. The molecule has 0 bridgehead atoms. The molecule has 0 fully saturated rings. The Balaban J connectivity index is 2.08. The Kier molecular flexibility index (Phi) is 4.59. The number of nitrogens with one attached hydrogen (secondary N) is 1. The van der Waals surface area contributed by atoms with Crippen LogP contribution in [0.15, 0.2) is 47.3 Å². The van der Waals surface area contributed by atoms with E-state index in [-0.39, 0.29) is 33.2 Å². The van der Waals surface area contributed by atoms with Gasteiger partial charge in [-0.2, -0.15) is 13.2 Å². The molecule has 0 aliphatic rings. The molecule has 0 spiro atoms. The van der Waals surface area contributed by atoms with Crippen molar-refractivity contribution in [2.24, 2.45) is 0 Å². The fourth-order valence-electron chi connectivity index (χ4n) is 2.88. The molecule has 5 nitrogen and oxygen atoms in total. The van der Waals surface area contributed by atoms with Crippen LogP contribution >= 0.6 is 23.2 Å². The van der Waals surface area contributed by atoms with Crippen LogP contribution in [0.4, 0.5) is 17.6 Å². The summed E-state index contributed by atoms with van der Waals surface area (Å²) in [4.78, 5) is 20.3. The van der Waals surface area contributed by atoms with E-state index in [1.165, 1.54) is 12.1 Å². The number of hydrogen-bond donors (Lipinski definition) is 1. The Bertz CT molecular complexity index is 1300. The molecule has 0 amide bonds. The molecule has 11 heteroatoms. The Hall–Kier alpha value is -2.91. The van der Waals surface area contributed by atoms with Crippen molar-refractivity contribution in [2.75, 3.05) is 0 Å². The lowest BCUT2D eigenvalue weighted by Crippen LogP contribution is -2.15. The smallest absolute Gasteiger partial charge is 0.284 e. The van der Waals surface area contributed by atoms with E-state index in [1.807, 2.05) is 0 Å². The number of aromatic nitrogens is 4. The number of halogens is 6. The second-order valence-corrected chi connectivity index (χ2v) is 6.68. The second kappa shape index (κ2) is 6.85. The van der Waals surface area contributed by atoms with E-state index >= 15 is 0 Å². The number of benzene rings is 1. The van der Waals surface area contributed by atoms with Crippen molar-refractivity contribution in [3.8, 4) is 22.4 Å². The van der Waals surface area contributed by atoms with Crippen LogP contribution in [0.2, 0.25) is 10.3 Å². The predicted octanol–water partition coefficient (Wildman–Crippen LogP) is 5.22. The standard InChI is InChI=1S/C18H8Cl2F4N4O/c19-15-9(6-10(21)16(20)26-15)11-7-12(29)28-17(25-11)13(8-4-2-1-3-5-8)14(27-28)18(22,23)24/h1-7,27H. The minimum absolute atomic E-state index is 0.0815. The molecule has 0 unspecified atom stereocenters. The van der Waals surface area contributed by atoms with Crippen molar-refractivity contribution in [3.05, 3.63) is 74.6 Å². The SMILES string of the molecule is O=c1cc(-c2cc(F)c(Cl)nc2Cl)nc2c(-c3ccccc3)c(C(F)(F)F)[nH]n12. The molecule has 1 aromatic carbocycles. The predicted molar refractivity (Wildman–Crippen MR) is 99.5 cm³/mol. The molecule has 0 radical (unpaired) electrons. The number of nitrogens with zero attached hydrogens (tertiary/aromatic N) is 3. The first-order valence-corrected chi connectivity index (χ1v) is 8.72. The molecule has 3 heterocycles. The maximum atomic E-state index is 13.8. The van der Waals surface area contributed by atoms with Crippen molar-refractivity contribution in [1.82, 2.24) is 19.6 Å². The molecule has 4 aromatic rings. The van der Waals surface area contributed by atoms with Crippen LogP contribution in [0.1, 0.15) is 5.69 Å². The van der Waals surface area contributed by atoms with Crippen molar-refractivity contribution < 1.29 is 17.6 Å². The highest BCUT2D eigenvalue weighted by Crippen LogP contribution is 2.38. The fourth-order valence-corrected chi connectivity index (χ4v) is 3.30. The van der Waals surface area contributed by atoms with Crippen LogP contribution in [0, 0.1) is 5.82 Å². The van der Waals surface area contributed by atoms with Crippen molar-refractivity contribution in [3.63, 3.8) is 0 Å². The summed E-state index contributed by atoms with van der Waals surface area (Å²) < 4.78 is 55.4. The first-order valence-electron chi connectivity index (χ1n) is 7.97. The van der Waals surface area contributed by atoms with Gasteiger partial charge in [-0.05, 0) is 11.6 Å². The second-order valence-electron chi connectivity index (χ2n) is 5.96. The number of hydrogen-bond acceptors (Lipinski definition) is 3. The Morgan fingerprint density at radius 2 is 1.69 bits per heavy atom. The molecule has 0 atom stereocenters. The zero-order valence-electron chi connectivity index (χ0n) is 14.1. The molecule has 0 aliphatic heterocycles. The van der Waals surface area contributed by atoms with Gasteiger partial charge in [-0.3, -0.25) is 9.89 Å². The third-order valence-corrected chi connectivity index (χ3v) is 4.68. The van der Waals surface area contributed by atoms with Crippen LogP contribution in [-0.2, 0) is 6.18 Å². The van der Waals surface area contributed by atoms with Gasteiger partial charge in [0.1, 0.15) is 10.8 Å². The van der Waals surface area contributed by atoms with Crippen LogP contribution in [0.3, 0.4) is 0 Å². The third-order valence-electron chi connectivity index (χ3n) is 4.12. The van der Waals surface area contributed by atoms with E-state index in [1.54, 1.807) is 18.2 Å². The van der Waals surface area contributed by atoms with Crippen LogP contribution in [0.5, 0.6) is 0 Å². The zero-order chi connectivity index (χ0) is 20.9. The van der Waals surface area contributed by atoms with Crippen molar-refractivity contribution in [1.29, 1.82) is 0 Å². The van der Waals surface area contributed by atoms with E-state index in [2.05, 4.69) is 15.1 Å². The topological polar surface area (TPSA) is 63.0 Å². The monoisotopic (exact) mass is 442 g/mol. The van der Waals surface area contributed by atoms with Gasteiger partial charge in [-0.15, -0.1) is 0 Å². The number of H-pyrrole nitrogens is 1. The van der Waals surface area contributed by atoms with Crippen LogP contribution in [0.25, 0.3) is 28.0 Å². The van der Waals surface area contributed by atoms with E-state index in [0.29, 0.717) is 4.52 Å². The molecule has 0 saturated carbocycles. The maximum Gasteiger partial charge on any atom is 0.433 e. The summed E-state index contributed by atoms with van der Waals surface area (Å²) in [7, 11) is 0. The molecule has 148 valence electrons. The van der Waals surface area contributed by atoms with Gasteiger partial charge >= 0.3 is 6.18 Å². The lowest BCUT2D eigenvalue weighted by atomic mass is 10.1. The average molecular weight is 443 g/mol. The lowest BCUT2D eigenvalue weighted by Gasteiger charge is -2.07. The summed E-state index contributed by atoms with van der Waals surface area (Å²) in [5, 5.41) is 1.32. The number of alkyl halides is 3. The minimum atomic E-state index is -4.78. The number of fused-ring (bicyclic) bond motifs is 1. The van der Waals surface area contributed by atoms with Crippen molar-refractivity contribution >= 4 is 28.8 Å². The average Bonchev–Trinajstić information content (AvgIpc) is 3.06. The highest BCUT2D eigenvalue weighted by Gasteiger charge is 2.38. The van der Waals surface area contributed by atoms with Gasteiger partial charge in [0.25, 0.3) is 5.56 Å². The van der Waals surface area contributed by atoms with Gasteiger partial charge < -0.3 is 0 Å². The molecular formula is C18H8Cl2F4N4O. The molecule has 3 aromatic heterocycles. The normalized spacial score (nSPS) is 11.9. The molecule has 0 aliphatic carbocycles. The number of rotatable bonds is 2. The van der Waals surface area contributed by atoms with E-state index < -0.39 is 28.4 Å². The summed E-state index contributed by atoms with van der Waals surface area (Å²) in [6, 6.07) is 9.48. The van der Waals surface area contributed by atoms with Gasteiger partial charge in [-0.25, -0.2) is 18.9 Å². The summed E-state index contributed by atoms with van der Waals surface area (Å²) >= 11 is 11.5. The van der Waals surface area contributed by atoms with E-state index in [0.717, 1.165) is 12.1 Å². The lowest BCUT2D eigenvalue weighted by molar-refractivity contribution is -0.140. The maximum absolute atomic E-state index is 13.8. The fraction of sp³-hybridized carbons (Fsp3) is 0.0556. The quantitative estimate of drug-likeness (QED) is 0.342. The molecule has 0 saturated heterocycles. The van der Waals surface area contributed by atoms with Crippen molar-refractivity contribution in [2.45, 2.75) is 6.18 Å².